The molecule has 7 heteroatoms. The van der Waals surface area contributed by atoms with Crippen LogP contribution in [0.25, 0.3) is 0 Å². The topological polar surface area (TPSA) is 77.6 Å². The van der Waals surface area contributed by atoms with E-state index >= 15 is 0 Å². The summed E-state index contributed by atoms with van der Waals surface area (Å²) in [6.45, 7) is 6.75. The van der Waals surface area contributed by atoms with Crippen molar-refractivity contribution in [1.29, 1.82) is 0 Å². The van der Waals surface area contributed by atoms with E-state index in [0.717, 1.165) is 44.6 Å². The fraction of sp³-hybridized carbons (Fsp3) is 0.458. The minimum atomic E-state index is -0.272. The summed E-state index contributed by atoms with van der Waals surface area (Å²) in [6, 6.07) is 13.1. The third-order valence-corrected chi connectivity index (χ3v) is 5.62. The molecule has 1 saturated heterocycles. The van der Waals surface area contributed by atoms with Crippen LogP contribution in [0.5, 0.6) is 0 Å². The molecule has 2 aromatic rings. The molecule has 2 N–H and O–H groups in total. The first-order valence-corrected chi connectivity index (χ1v) is 11.0. The summed E-state index contributed by atoms with van der Waals surface area (Å²) in [5, 5.41) is 5.57. The van der Waals surface area contributed by atoms with Crippen LogP contribution >= 0.6 is 0 Å². The molecule has 0 spiro atoms. The Morgan fingerprint density at radius 2 is 1.94 bits per heavy atom. The Kier molecular flexibility index (Phi) is 8.00. The van der Waals surface area contributed by atoms with Crippen LogP contribution in [0, 0.1) is 0 Å². The summed E-state index contributed by atoms with van der Waals surface area (Å²) in [6.07, 6.45) is 4.70. The largest absolute Gasteiger partial charge is 0.339 e. The number of benzene rings is 1. The van der Waals surface area contributed by atoms with Gasteiger partial charge in [-0.2, -0.15) is 0 Å². The monoisotopic (exact) mass is 423 g/mol. The van der Waals surface area contributed by atoms with E-state index in [9.17, 15) is 9.59 Å². The molecule has 1 aromatic carbocycles. The highest BCUT2D eigenvalue weighted by Gasteiger charge is 2.26. The Bertz CT molecular complexity index is 863. The number of aromatic nitrogens is 1. The molecular formula is C24H33N5O2. The van der Waals surface area contributed by atoms with E-state index in [4.69, 9.17) is 0 Å². The predicted molar refractivity (Wildman–Crippen MR) is 123 cm³/mol. The quantitative estimate of drug-likeness (QED) is 0.716. The van der Waals surface area contributed by atoms with Crippen LogP contribution in [-0.4, -0.2) is 65.5 Å². The zero-order valence-electron chi connectivity index (χ0n) is 18.7. The number of carbonyl (C=O) groups excluding carboxylic acids is 2. The lowest BCUT2D eigenvalue weighted by atomic mass is 10.0. The number of anilines is 1. The maximum absolute atomic E-state index is 13.0. The van der Waals surface area contributed by atoms with Gasteiger partial charge in [0.05, 0.1) is 0 Å². The van der Waals surface area contributed by atoms with Gasteiger partial charge in [-0.3, -0.25) is 9.78 Å². The Balaban J connectivity index is 1.50. The fourth-order valence-electron chi connectivity index (χ4n) is 3.88. The molecule has 3 amide bonds. The van der Waals surface area contributed by atoms with E-state index < -0.39 is 0 Å². The molecule has 31 heavy (non-hydrogen) atoms. The summed E-state index contributed by atoms with van der Waals surface area (Å²) in [5.41, 5.74) is 2.32. The number of pyridine rings is 1. The van der Waals surface area contributed by atoms with Crippen LogP contribution in [0.4, 0.5) is 10.5 Å². The van der Waals surface area contributed by atoms with Crippen LogP contribution in [0.1, 0.15) is 42.7 Å². The summed E-state index contributed by atoms with van der Waals surface area (Å²) < 4.78 is 0. The van der Waals surface area contributed by atoms with Crippen molar-refractivity contribution in [2.75, 3.05) is 32.0 Å². The van der Waals surface area contributed by atoms with Crippen molar-refractivity contribution in [1.82, 2.24) is 20.1 Å². The van der Waals surface area contributed by atoms with Gasteiger partial charge in [0.25, 0.3) is 5.91 Å². The van der Waals surface area contributed by atoms with Gasteiger partial charge in [0, 0.05) is 68.3 Å². The molecule has 1 aliphatic heterocycles. The first kappa shape index (κ1) is 22.7. The Hall–Kier alpha value is -2.93. The minimum absolute atomic E-state index is 0.0140. The first-order valence-electron chi connectivity index (χ1n) is 11.0. The molecule has 0 unspecified atom stereocenters. The third kappa shape index (κ3) is 6.79. The second-order valence-corrected chi connectivity index (χ2v) is 8.39. The van der Waals surface area contributed by atoms with Crippen molar-refractivity contribution >= 4 is 17.6 Å². The average Bonchev–Trinajstić information content (AvgIpc) is 2.77. The van der Waals surface area contributed by atoms with Crippen molar-refractivity contribution < 1.29 is 9.59 Å². The summed E-state index contributed by atoms with van der Waals surface area (Å²) >= 11 is 0. The van der Waals surface area contributed by atoms with Crippen LogP contribution in [0.2, 0.25) is 0 Å². The number of nitrogens with one attached hydrogen (secondary N) is 2. The number of carbonyl (C=O) groups is 2. The number of nitrogens with zero attached hydrogens (tertiary/aromatic N) is 3. The molecule has 1 aliphatic rings. The number of amides is 3. The molecule has 2 heterocycles. The lowest BCUT2D eigenvalue weighted by Gasteiger charge is -2.36. The number of likely N-dealkylation sites (tertiary alicyclic amines) is 1. The van der Waals surface area contributed by atoms with Gasteiger partial charge >= 0.3 is 6.03 Å². The van der Waals surface area contributed by atoms with Crippen LogP contribution < -0.4 is 10.6 Å². The number of hydrogen-bond acceptors (Lipinski definition) is 4. The Labute approximate surface area is 184 Å². The van der Waals surface area contributed by atoms with E-state index in [2.05, 4.69) is 26.6 Å². The summed E-state index contributed by atoms with van der Waals surface area (Å²) in [5.74, 6) is -0.0140. The van der Waals surface area contributed by atoms with Crippen molar-refractivity contribution in [3.63, 3.8) is 0 Å². The van der Waals surface area contributed by atoms with Gasteiger partial charge in [-0.1, -0.05) is 12.1 Å². The smallest absolute Gasteiger partial charge is 0.319 e. The molecule has 0 atom stereocenters. The van der Waals surface area contributed by atoms with Gasteiger partial charge in [0.15, 0.2) is 0 Å². The predicted octanol–water partition coefficient (Wildman–Crippen LogP) is 3.39. The molecular weight excluding hydrogens is 390 g/mol. The SMILES string of the molecule is CC(C)NC(=O)Nc1cccc(C(=O)N(C)C2CCN(CCc3ccccn3)CC2)c1. The third-order valence-electron chi connectivity index (χ3n) is 5.62. The van der Waals surface area contributed by atoms with E-state index in [-0.39, 0.29) is 24.0 Å². The van der Waals surface area contributed by atoms with E-state index in [1.807, 2.05) is 44.1 Å². The lowest BCUT2D eigenvalue weighted by molar-refractivity contribution is 0.0643. The highest BCUT2D eigenvalue weighted by Crippen LogP contribution is 2.19. The first-order chi connectivity index (χ1) is 14.9. The highest BCUT2D eigenvalue weighted by atomic mass is 16.2. The van der Waals surface area contributed by atoms with Crippen molar-refractivity contribution in [3.05, 3.63) is 59.9 Å². The minimum Gasteiger partial charge on any atom is -0.339 e. The lowest BCUT2D eigenvalue weighted by Crippen LogP contribution is -2.46. The Morgan fingerprint density at radius 3 is 2.61 bits per heavy atom. The molecule has 7 nitrogen and oxygen atoms in total. The van der Waals surface area contributed by atoms with Crippen molar-refractivity contribution in [2.24, 2.45) is 0 Å². The zero-order valence-corrected chi connectivity index (χ0v) is 18.7. The van der Waals surface area contributed by atoms with Gasteiger partial charge in [0.1, 0.15) is 0 Å². The van der Waals surface area contributed by atoms with Gasteiger partial charge in [-0.25, -0.2) is 4.79 Å². The van der Waals surface area contributed by atoms with E-state index in [0.29, 0.717) is 11.3 Å². The molecule has 1 aromatic heterocycles. The maximum atomic E-state index is 13.0. The van der Waals surface area contributed by atoms with Crippen LogP contribution in [0.15, 0.2) is 48.7 Å². The molecule has 0 bridgehead atoms. The summed E-state index contributed by atoms with van der Waals surface area (Å²) in [4.78, 5) is 33.7. The molecule has 0 radical (unpaired) electrons. The standard InChI is InChI=1S/C24H33N5O2/c1-18(2)26-24(31)27-21-9-6-7-19(17-21)23(30)28(3)22-11-15-29(16-12-22)14-10-20-8-4-5-13-25-20/h4-9,13,17-18,22H,10-12,14-16H2,1-3H3,(H2,26,27,31). The van der Waals surface area contributed by atoms with Gasteiger partial charge < -0.3 is 20.4 Å². The van der Waals surface area contributed by atoms with Gasteiger partial charge in [0.2, 0.25) is 0 Å². The second kappa shape index (κ2) is 10.9. The highest BCUT2D eigenvalue weighted by molar-refractivity contribution is 5.97. The Morgan fingerprint density at radius 1 is 1.16 bits per heavy atom. The molecule has 0 saturated carbocycles. The van der Waals surface area contributed by atoms with Crippen molar-refractivity contribution in [2.45, 2.75) is 45.2 Å². The second-order valence-electron chi connectivity index (χ2n) is 8.39. The number of piperidine rings is 1. The number of hydrogen-bond donors (Lipinski definition) is 2. The van der Waals surface area contributed by atoms with Crippen LogP contribution in [-0.2, 0) is 6.42 Å². The van der Waals surface area contributed by atoms with E-state index in [1.165, 1.54) is 0 Å². The van der Waals surface area contributed by atoms with Gasteiger partial charge in [-0.15, -0.1) is 0 Å². The van der Waals surface area contributed by atoms with Crippen molar-refractivity contribution in [3.8, 4) is 0 Å². The van der Waals surface area contributed by atoms with E-state index in [1.54, 1.807) is 24.3 Å². The fourth-order valence-corrected chi connectivity index (χ4v) is 3.88. The molecule has 3 rings (SSSR count). The van der Waals surface area contributed by atoms with Gasteiger partial charge in [-0.05, 0) is 57.0 Å². The number of rotatable bonds is 7. The molecule has 0 aliphatic carbocycles. The normalized spacial score (nSPS) is 15.0. The summed E-state index contributed by atoms with van der Waals surface area (Å²) in [7, 11) is 1.88. The molecule has 166 valence electrons. The van der Waals surface area contributed by atoms with Crippen LogP contribution in [0.3, 0.4) is 0 Å². The maximum Gasteiger partial charge on any atom is 0.319 e. The average molecular weight is 424 g/mol. The number of urea groups is 1. The molecule has 1 fully saturated rings. The zero-order chi connectivity index (χ0) is 22.2.